The van der Waals surface area contributed by atoms with Crippen molar-refractivity contribution in [1.29, 1.82) is 0 Å². The number of rotatable bonds is 6. The fourth-order valence-corrected chi connectivity index (χ4v) is 3.72. The molecule has 1 N–H and O–H groups in total. The number of amides is 1. The van der Waals surface area contributed by atoms with E-state index in [2.05, 4.69) is 63.7 Å². The molecule has 1 aliphatic rings. The molecule has 1 amide bonds. The molecule has 9 heteroatoms. The van der Waals surface area contributed by atoms with Crippen LogP contribution in [0.1, 0.15) is 39.2 Å². The number of piperidine rings is 1. The van der Waals surface area contributed by atoms with Crippen LogP contribution in [-0.4, -0.2) is 57.4 Å². The van der Waals surface area contributed by atoms with Crippen molar-refractivity contribution in [2.45, 2.75) is 39.0 Å². The summed E-state index contributed by atoms with van der Waals surface area (Å²) in [5, 5.41) is 18.7. The number of benzene rings is 1. The fraction of sp³-hybridized carbons (Fsp3) is 0.500. The number of carbonyl (C=O) groups is 1. The highest BCUT2D eigenvalue weighted by atomic mass is 16.5. The van der Waals surface area contributed by atoms with Crippen LogP contribution >= 0.6 is 0 Å². The van der Waals surface area contributed by atoms with Crippen LogP contribution in [-0.2, 0) is 10.2 Å². The standard InChI is InChI=1S/C22H29N7O2/c1-22(2,3)17-4-6-18(7-5-17)31-15-12-23-21(30)16-10-13-28(14-11-16)20-9-8-19-24-26-27-29(19)25-20/h4-9,16H,10-15H2,1-3H3,(H,23,30). The van der Waals surface area contributed by atoms with E-state index in [1.165, 1.54) is 10.2 Å². The van der Waals surface area contributed by atoms with Gasteiger partial charge in [0.25, 0.3) is 0 Å². The van der Waals surface area contributed by atoms with Crippen LogP contribution in [0.2, 0.25) is 0 Å². The second kappa shape index (κ2) is 8.87. The quantitative estimate of drug-likeness (QED) is 0.607. The first-order chi connectivity index (χ1) is 14.9. The zero-order valence-electron chi connectivity index (χ0n) is 18.3. The van der Waals surface area contributed by atoms with E-state index in [0.29, 0.717) is 18.8 Å². The van der Waals surface area contributed by atoms with Crippen LogP contribution in [0.5, 0.6) is 5.75 Å². The molecule has 1 saturated heterocycles. The number of carbonyl (C=O) groups excluding carboxylic acids is 1. The Morgan fingerprint density at radius 2 is 1.87 bits per heavy atom. The summed E-state index contributed by atoms with van der Waals surface area (Å²) < 4.78 is 7.19. The Kier molecular flexibility index (Phi) is 6.01. The lowest BCUT2D eigenvalue weighted by Gasteiger charge is -2.31. The number of tetrazole rings is 1. The van der Waals surface area contributed by atoms with Gasteiger partial charge in [0, 0.05) is 19.0 Å². The van der Waals surface area contributed by atoms with Crippen molar-refractivity contribution in [3.05, 3.63) is 42.0 Å². The number of fused-ring (bicyclic) bond motifs is 1. The van der Waals surface area contributed by atoms with Gasteiger partial charge in [-0.3, -0.25) is 4.79 Å². The van der Waals surface area contributed by atoms with E-state index in [1.807, 2.05) is 24.3 Å². The summed E-state index contributed by atoms with van der Waals surface area (Å²) in [6.07, 6.45) is 1.58. The van der Waals surface area contributed by atoms with E-state index < -0.39 is 0 Å². The maximum absolute atomic E-state index is 12.5. The lowest BCUT2D eigenvalue weighted by atomic mass is 9.87. The van der Waals surface area contributed by atoms with E-state index in [9.17, 15) is 4.79 Å². The van der Waals surface area contributed by atoms with Crippen LogP contribution in [0.3, 0.4) is 0 Å². The minimum absolute atomic E-state index is 0.0130. The molecule has 0 radical (unpaired) electrons. The van der Waals surface area contributed by atoms with Gasteiger partial charge in [0.15, 0.2) is 11.5 Å². The van der Waals surface area contributed by atoms with Crippen molar-refractivity contribution in [3.8, 4) is 5.75 Å². The molecule has 9 nitrogen and oxygen atoms in total. The molecule has 4 rings (SSSR count). The maximum Gasteiger partial charge on any atom is 0.223 e. The van der Waals surface area contributed by atoms with Gasteiger partial charge in [0.1, 0.15) is 12.4 Å². The minimum atomic E-state index is 0.0130. The number of nitrogens with zero attached hydrogens (tertiary/aromatic N) is 6. The molecule has 3 aromatic rings. The number of nitrogens with one attached hydrogen (secondary N) is 1. The first kappa shape index (κ1) is 21.0. The first-order valence-electron chi connectivity index (χ1n) is 10.7. The fourth-order valence-electron chi connectivity index (χ4n) is 3.72. The number of aromatic nitrogens is 5. The Labute approximate surface area is 181 Å². The van der Waals surface area contributed by atoms with Crippen LogP contribution < -0.4 is 15.0 Å². The summed E-state index contributed by atoms with van der Waals surface area (Å²) in [5.41, 5.74) is 2.01. The number of anilines is 1. The maximum atomic E-state index is 12.5. The molecular formula is C22H29N7O2. The third-order valence-electron chi connectivity index (χ3n) is 5.64. The minimum Gasteiger partial charge on any atom is -0.492 e. The third kappa shape index (κ3) is 5.10. The van der Waals surface area contributed by atoms with Crippen LogP contribution in [0.15, 0.2) is 36.4 Å². The van der Waals surface area contributed by atoms with E-state index in [-0.39, 0.29) is 17.2 Å². The molecule has 0 unspecified atom stereocenters. The van der Waals surface area contributed by atoms with Crippen molar-refractivity contribution in [2.24, 2.45) is 5.92 Å². The predicted octanol–water partition coefficient (Wildman–Crippen LogP) is 2.23. The highest BCUT2D eigenvalue weighted by Crippen LogP contribution is 2.24. The molecule has 0 saturated carbocycles. The van der Waals surface area contributed by atoms with Gasteiger partial charge in [-0.05, 0) is 58.5 Å². The lowest BCUT2D eigenvalue weighted by molar-refractivity contribution is -0.125. The van der Waals surface area contributed by atoms with Crippen molar-refractivity contribution in [1.82, 2.24) is 30.6 Å². The Morgan fingerprint density at radius 3 is 2.58 bits per heavy atom. The summed E-state index contributed by atoms with van der Waals surface area (Å²) in [5.74, 6) is 1.75. The van der Waals surface area contributed by atoms with Gasteiger partial charge < -0.3 is 15.0 Å². The molecule has 1 fully saturated rings. The van der Waals surface area contributed by atoms with Crippen molar-refractivity contribution in [3.63, 3.8) is 0 Å². The smallest absolute Gasteiger partial charge is 0.223 e. The van der Waals surface area contributed by atoms with Crippen LogP contribution in [0, 0.1) is 5.92 Å². The number of hydrogen-bond acceptors (Lipinski definition) is 7. The molecule has 1 aromatic carbocycles. The van der Waals surface area contributed by atoms with Crippen molar-refractivity contribution in [2.75, 3.05) is 31.1 Å². The molecule has 0 spiro atoms. The number of ether oxygens (including phenoxy) is 1. The van der Waals surface area contributed by atoms with E-state index in [4.69, 9.17) is 4.74 Å². The van der Waals surface area contributed by atoms with Gasteiger partial charge in [-0.15, -0.1) is 14.8 Å². The van der Waals surface area contributed by atoms with Gasteiger partial charge in [0.05, 0.1) is 6.54 Å². The normalized spacial score (nSPS) is 15.3. The zero-order valence-corrected chi connectivity index (χ0v) is 18.3. The molecule has 0 atom stereocenters. The number of hydrogen-bond donors (Lipinski definition) is 1. The largest absolute Gasteiger partial charge is 0.492 e. The molecule has 0 bridgehead atoms. The highest BCUT2D eigenvalue weighted by Gasteiger charge is 2.25. The Balaban J connectivity index is 1.19. The average Bonchev–Trinajstić information content (AvgIpc) is 3.24. The highest BCUT2D eigenvalue weighted by molar-refractivity contribution is 5.78. The zero-order chi connectivity index (χ0) is 21.8. The second-order valence-corrected chi connectivity index (χ2v) is 8.89. The predicted molar refractivity (Wildman–Crippen MR) is 117 cm³/mol. The molecule has 3 heterocycles. The average molecular weight is 424 g/mol. The van der Waals surface area contributed by atoms with Crippen molar-refractivity contribution >= 4 is 17.4 Å². The first-order valence-corrected chi connectivity index (χ1v) is 10.7. The van der Waals surface area contributed by atoms with Gasteiger partial charge in [-0.1, -0.05) is 32.9 Å². The third-order valence-corrected chi connectivity index (χ3v) is 5.64. The topological polar surface area (TPSA) is 97.5 Å². The molecular weight excluding hydrogens is 394 g/mol. The van der Waals surface area contributed by atoms with Crippen LogP contribution in [0.4, 0.5) is 5.82 Å². The lowest BCUT2D eigenvalue weighted by Crippen LogP contribution is -2.41. The van der Waals surface area contributed by atoms with Gasteiger partial charge >= 0.3 is 0 Å². The molecule has 0 aliphatic carbocycles. The molecule has 164 valence electrons. The summed E-state index contributed by atoms with van der Waals surface area (Å²) in [7, 11) is 0. The monoisotopic (exact) mass is 423 g/mol. The van der Waals surface area contributed by atoms with E-state index in [0.717, 1.165) is 37.5 Å². The summed E-state index contributed by atoms with van der Waals surface area (Å²) in [6, 6.07) is 11.9. The van der Waals surface area contributed by atoms with E-state index >= 15 is 0 Å². The Morgan fingerprint density at radius 1 is 1.13 bits per heavy atom. The Hall–Kier alpha value is -3.23. The Bertz CT molecular complexity index is 1020. The van der Waals surface area contributed by atoms with E-state index in [1.54, 1.807) is 0 Å². The second-order valence-electron chi connectivity index (χ2n) is 8.89. The van der Waals surface area contributed by atoms with Gasteiger partial charge in [0.2, 0.25) is 5.91 Å². The van der Waals surface area contributed by atoms with Gasteiger partial charge in [-0.2, -0.15) is 0 Å². The molecule has 2 aromatic heterocycles. The summed E-state index contributed by atoms with van der Waals surface area (Å²) in [4.78, 5) is 14.7. The summed E-state index contributed by atoms with van der Waals surface area (Å²) in [6.45, 7) is 9.06. The molecule has 31 heavy (non-hydrogen) atoms. The van der Waals surface area contributed by atoms with Crippen molar-refractivity contribution < 1.29 is 9.53 Å². The van der Waals surface area contributed by atoms with Crippen LogP contribution in [0.25, 0.3) is 5.65 Å². The summed E-state index contributed by atoms with van der Waals surface area (Å²) >= 11 is 0. The van der Waals surface area contributed by atoms with Gasteiger partial charge in [-0.25, -0.2) is 0 Å². The molecule has 1 aliphatic heterocycles. The SMILES string of the molecule is CC(C)(C)c1ccc(OCCNC(=O)C2CCN(c3ccc4nnnn4n3)CC2)cc1.